The van der Waals surface area contributed by atoms with Crippen LogP contribution in [-0.4, -0.2) is 65.1 Å². The van der Waals surface area contributed by atoms with Gasteiger partial charge in [0.1, 0.15) is 29.1 Å². The number of hydrogen-bond acceptors (Lipinski definition) is 9. The normalized spacial score (nSPS) is 17.2. The fraction of sp³-hybridized carbons (Fsp3) is 0.471. The van der Waals surface area contributed by atoms with Crippen LogP contribution in [0.4, 0.5) is 20.2 Å². The molecule has 1 N–H and O–H groups in total. The highest BCUT2D eigenvalue weighted by molar-refractivity contribution is 6.13. The molecule has 0 radical (unpaired) electrons. The van der Waals surface area contributed by atoms with Gasteiger partial charge in [0.2, 0.25) is 5.88 Å². The van der Waals surface area contributed by atoms with Crippen molar-refractivity contribution in [2.24, 2.45) is 0 Å². The number of aromatic nitrogens is 5. The lowest BCUT2D eigenvalue weighted by molar-refractivity contribution is 0.0132. The molecule has 13 heteroatoms. The minimum atomic E-state index is -0.821. The van der Waals surface area contributed by atoms with Crippen LogP contribution >= 0.6 is 0 Å². The Morgan fingerprint density at radius 3 is 2.40 bits per heavy atom. The maximum atomic E-state index is 14.0. The molecule has 2 aliphatic rings. The van der Waals surface area contributed by atoms with E-state index in [-0.39, 0.29) is 23.8 Å². The largest absolute Gasteiger partial charge is 0.444 e. The zero-order valence-electron chi connectivity index (χ0n) is 28.1. The maximum absolute atomic E-state index is 14.0. The summed E-state index contributed by atoms with van der Waals surface area (Å²) in [6.07, 6.45) is 4.29. The van der Waals surface area contributed by atoms with Crippen molar-refractivity contribution in [3.05, 3.63) is 59.8 Å². The molecule has 3 aromatic heterocycles. The molecular formula is C34H41N7O6. The Labute approximate surface area is 273 Å². The number of nitrogens with zero attached hydrogens (tertiary/aromatic N) is 6. The van der Waals surface area contributed by atoms with Gasteiger partial charge in [-0.05, 0) is 92.0 Å². The Morgan fingerprint density at radius 2 is 1.72 bits per heavy atom. The Balaban J connectivity index is 1.25. The van der Waals surface area contributed by atoms with Gasteiger partial charge < -0.3 is 14.2 Å². The Kier molecular flexibility index (Phi) is 7.76. The SMILES string of the molecule is CC1Cc2c(ncnc2Oc2ccc3c(ccn3C(=O)N(C(=O)OC(C)(C)C)c3cc(C4(C)CC4)n[nH]3)c2)CN1C(=O)OC(C)(C)C. The number of carbonyl (C=O) groups excluding carboxylic acids is 3. The van der Waals surface area contributed by atoms with Gasteiger partial charge in [-0.25, -0.2) is 24.4 Å². The van der Waals surface area contributed by atoms with E-state index in [0.29, 0.717) is 34.6 Å². The molecule has 0 spiro atoms. The first-order valence-electron chi connectivity index (χ1n) is 15.8. The molecule has 1 atom stereocenters. The number of fused-ring (bicyclic) bond motifs is 2. The van der Waals surface area contributed by atoms with E-state index in [2.05, 4.69) is 27.1 Å². The molecule has 6 rings (SSSR count). The van der Waals surface area contributed by atoms with Gasteiger partial charge in [-0.1, -0.05) is 6.92 Å². The lowest BCUT2D eigenvalue weighted by atomic mass is 10.00. The van der Waals surface area contributed by atoms with E-state index in [0.717, 1.165) is 29.0 Å². The molecule has 1 saturated carbocycles. The van der Waals surface area contributed by atoms with Gasteiger partial charge in [0, 0.05) is 34.7 Å². The van der Waals surface area contributed by atoms with Crippen LogP contribution in [0.1, 0.15) is 85.2 Å². The summed E-state index contributed by atoms with van der Waals surface area (Å²) < 4.78 is 18.9. The van der Waals surface area contributed by atoms with Gasteiger partial charge in [-0.15, -0.1) is 0 Å². The van der Waals surface area contributed by atoms with Crippen LogP contribution in [-0.2, 0) is 27.9 Å². The van der Waals surface area contributed by atoms with Gasteiger partial charge in [-0.3, -0.25) is 14.6 Å². The van der Waals surface area contributed by atoms with E-state index < -0.39 is 29.4 Å². The molecule has 3 amide bonds. The Hall–Kier alpha value is -4.94. The molecule has 1 fully saturated rings. The summed E-state index contributed by atoms with van der Waals surface area (Å²) in [5, 5.41) is 7.99. The number of H-pyrrole nitrogens is 1. The molecule has 1 aliphatic carbocycles. The van der Waals surface area contributed by atoms with Crippen molar-refractivity contribution in [2.45, 2.75) is 104 Å². The summed E-state index contributed by atoms with van der Waals surface area (Å²) in [5.74, 6) is 1.14. The predicted octanol–water partition coefficient (Wildman–Crippen LogP) is 7.09. The lowest BCUT2D eigenvalue weighted by Gasteiger charge is -2.35. The van der Waals surface area contributed by atoms with Gasteiger partial charge in [0.05, 0.1) is 23.4 Å². The van der Waals surface area contributed by atoms with Crippen molar-refractivity contribution in [1.82, 2.24) is 29.6 Å². The topological polar surface area (TPSA) is 145 Å². The van der Waals surface area contributed by atoms with E-state index in [1.807, 2.05) is 27.7 Å². The minimum absolute atomic E-state index is 0.0631. The summed E-state index contributed by atoms with van der Waals surface area (Å²) in [7, 11) is 0. The summed E-state index contributed by atoms with van der Waals surface area (Å²) in [5.41, 5.74) is 1.38. The lowest BCUT2D eigenvalue weighted by Crippen LogP contribution is -2.45. The number of anilines is 1. The summed E-state index contributed by atoms with van der Waals surface area (Å²) in [4.78, 5) is 51.7. The van der Waals surface area contributed by atoms with Crippen molar-refractivity contribution >= 4 is 34.9 Å². The number of carbonyl (C=O) groups is 3. The van der Waals surface area contributed by atoms with Crippen LogP contribution in [0.15, 0.2) is 42.9 Å². The van der Waals surface area contributed by atoms with Crippen LogP contribution in [0.5, 0.6) is 11.6 Å². The van der Waals surface area contributed by atoms with E-state index in [9.17, 15) is 14.4 Å². The number of benzene rings is 1. The standard InChI is InChI=1S/C34H41N7O6/c1-20-15-23-24(18-40(20)30(43)46-32(2,3)4)35-19-36-28(23)45-22-9-10-25-21(16-22)11-14-39(25)29(42)41(31(44)47-33(5,6)7)27-17-26(37-38-27)34(8)12-13-34/h9-11,14,16-17,19-20H,12-13,15,18H2,1-8H3,(H,37,38). The fourth-order valence-electron chi connectivity index (χ4n) is 5.48. The Morgan fingerprint density at radius 1 is 1.00 bits per heavy atom. The van der Waals surface area contributed by atoms with Crippen LogP contribution < -0.4 is 9.64 Å². The number of aromatic amines is 1. The monoisotopic (exact) mass is 643 g/mol. The molecule has 1 unspecified atom stereocenters. The molecule has 4 heterocycles. The molecular weight excluding hydrogens is 602 g/mol. The predicted molar refractivity (Wildman–Crippen MR) is 174 cm³/mol. The molecule has 0 bridgehead atoms. The third-order valence-corrected chi connectivity index (χ3v) is 8.25. The Bertz CT molecular complexity index is 1860. The second-order valence-electron chi connectivity index (χ2n) is 14.6. The number of rotatable bonds is 4. The second-order valence-corrected chi connectivity index (χ2v) is 14.6. The average molecular weight is 644 g/mol. The van der Waals surface area contributed by atoms with Crippen molar-refractivity contribution in [3.8, 4) is 11.6 Å². The average Bonchev–Trinajstić information content (AvgIpc) is 3.34. The zero-order valence-corrected chi connectivity index (χ0v) is 28.1. The van der Waals surface area contributed by atoms with Crippen molar-refractivity contribution in [3.63, 3.8) is 0 Å². The molecule has 1 aliphatic heterocycles. The summed E-state index contributed by atoms with van der Waals surface area (Å²) in [6, 6.07) is 8.02. The highest BCUT2D eigenvalue weighted by atomic mass is 16.6. The van der Waals surface area contributed by atoms with Crippen molar-refractivity contribution in [1.29, 1.82) is 0 Å². The maximum Gasteiger partial charge on any atom is 0.424 e. The first-order valence-corrected chi connectivity index (χ1v) is 15.8. The van der Waals surface area contributed by atoms with Crippen LogP contribution in [0.3, 0.4) is 0 Å². The first-order chi connectivity index (χ1) is 22.0. The minimum Gasteiger partial charge on any atom is -0.444 e. The zero-order chi connectivity index (χ0) is 33.9. The number of ether oxygens (including phenoxy) is 3. The van der Waals surface area contributed by atoms with Gasteiger partial charge in [-0.2, -0.15) is 10.00 Å². The molecule has 13 nitrogen and oxygen atoms in total. The van der Waals surface area contributed by atoms with Crippen LogP contribution in [0.2, 0.25) is 0 Å². The van der Waals surface area contributed by atoms with Gasteiger partial charge in [0.15, 0.2) is 0 Å². The highest BCUT2D eigenvalue weighted by Crippen LogP contribution is 2.47. The summed E-state index contributed by atoms with van der Waals surface area (Å²) >= 11 is 0. The molecule has 1 aromatic carbocycles. The fourth-order valence-corrected chi connectivity index (χ4v) is 5.48. The van der Waals surface area contributed by atoms with Gasteiger partial charge in [0.25, 0.3) is 0 Å². The van der Waals surface area contributed by atoms with E-state index >= 15 is 0 Å². The third-order valence-electron chi connectivity index (χ3n) is 8.25. The smallest absolute Gasteiger partial charge is 0.424 e. The van der Waals surface area contributed by atoms with Crippen LogP contribution in [0.25, 0.3) is 10.9 Å². The quantitative estimate of drug-likeness (QED) is 0.246. The number of hydrogen-bond donors (Lipinski definition) is 1. The van der Waals surface area contributed by atoms with E-state index in [4.69, 9.17) is 14.2 Å². The van der Waals surface area contributed by atoms with Crippen LogP contribution in [0, 0.1) is 0 Å². The molecule has 0 saturated heterocycles. The first kappa shape index (κ1) is 32.0. The van der Waals surface area contributed by atoms with Crippen molar-refractivity contribution < 1.29 is 28.6 Å². The summed E-state index contributed by atoms with van der Waals surface area (Å²) in [6.45, 7) is 15.1. The number of nitrogens with one attached hydrogen (secondary N) is 1. The van der Waals surface area contributed by atoms with Gasteiger partial charge >= 0.3 is 18.2 Å². The molecule has 4 aromatic rings. The van der Waals surface area contributed by atoms with Crippen molar-refractivity contribution in [2.75, 3.05) is 4.90 Å². The van der Waals surface area contributed by atoms with E-state index in [1.165, 1.54) is 10.9 Å². The number of amides is 3. The number of imide groups is 1. The second kappa shape index (κ2) is 11.4. The highest BCUT2D eigenvalue weighted by Gasteiger charge is 2.42. The molecule has 47 heavy (non-hydrogen) atoms. The molecule has 248 valence electrons. The third kappa shape index (κ3) is 6.65. The van der Waals surface area contributed by atoms with E-state index in [1.54, 1.807) is 62.2 Å².